The van der Waals surface area contributed by atoms with Crippen LogP contribution in [0.1, 0.15) is 18.5 Å². The van der Waals surface area contributed by atoms with Crippen molar-refractivity contribution in [2.24, 2.45) is 0 Å². The lowest BCUT2D eigenvalue weighted by atomic mass is 10.1. The molecule has 3 nitrogen and oxygen atoms in total. The zero-order valence-corrected chi connectivity index (χ0v) is 10.9. The quantitative estimate of drug-likeness (QED) is 0.905. The van der Waals surface area contributed by atoms with Crippen molar-refractivity contribution in [2.45, 2.75) is 19.1 Å². The highest BCUT2D eigenvalue weighted by molar-refractivity contribution is 6.31. The first-order chi connectivity index (χ1) is 8.70. The van der Waals surface area contributed by atoms with Crippen molar-refractivity contribution < 1.29 is 23.1 Å². The van der Waals surface area contributed by atoms with Gasteiger partial charge in [-0.25, -0.2) is 0 Å². The minimum absolute atomic E-state index is 0.313. The van der Waals surface area contributed by atoms with Gasteiger partial charge in [-0.15, -0.1) is 0 Å². The SMILES string of the molecule is CC(c1ccccc1Cl)N(CC(=O)O)CC(F)(F)F. The van der Waals surface area contributed by atoms with E-state index in [1.54, 1.807) is 24.3 Å². The molecule has 1 aromatic carbocycles. The van der Waals surface area contributed by atoms with Crippen LogP contribution >= 0.6 is 11.6 Å². The summed E-state index contributed by atoms with van der Waals surface area (Å²) in [5, 5.41) is 9.02. The van der Waals surface area contributed by atoms with Gasteiger partial charge in [0.05, 0.1) is 13.1 Å². The maximum atomic E-state index is 12.5. The van der Waals surface area contributed by atoms with Crippen molar-refractivity contribution in [3.63, 3.8) is 0 Å². The van der Waals surface area contributed by atoms with Crippen LogP contribution in [0.4, 0.5) is 13.2 Å². The molecule has 0 saturated heterocycles. The number of alkyl halides is 3. The maximum Gasteiger partial charge on any atom is 0.401 e. The Kier molecular flexibility index (Phi) is 5.20. The number of carboxylic acids is 1. The number of nitrogens with zero attached hydrogens (tertiary/aromatic N) is 1. The Morgan fingerprint density at radius 3 is 2.47 bits per heavy atom. The molecular formula is C12H13ClF3NO2. The third-order valence-corrected chi connectivity index (χ3v) is 2.97. The molecule has 1 N–H and O–H groups in total. The van der Waals surface area contributed by atoms with Gasteiger partial charge in [0, 0.05) is 11.1 Å². The van der Waals surface area contributed by atoms with Crippen LogP contribution in [-0.2, 0) is 4.79 Å². The molecule has 7 heteroatoms. The second-order valence-electron chi connectivity index (χ2n) is 4.11. The van der Waals surface area contributed by atoms with Gasteiger partial charge in [-0.2, -0.15) is 13.2 Å². The van der Waals surface area contributed by atoms with E-state index in [4.69, 9.17) is 16.7 Å². The van der Waals surface area contributed by atoms with Gasteiger partial charge < -0.3 is 5.11 Å². The largest absolute Gasteiger partial charge is 0.480 e. The normalized spacial score (nSPS) is 13.6. The molecule has 0 bridgehead atoms. The lowest BCUT2D eigenvalue weighted by Gasteiger charge is -2.29. The van der Waals surface area contributed by atoms with Crippen molar-refractivity contribution in [1.29, 1.82) is 0 Å². The maximum absolute atomic E-state index is 12.5. The predicted octanol–water partition coefficient (Wildman–Crippen LogP) is 3.35. The van der Waals surface area contributed by atoms with E-state index >= 15 is 0 Å². The van der Waals surface area contributed by atoms with Crippen LogP contribution < -0.4 is 0 Å². The highest BCUT2D eigenvalue weighted by Gasteiger charge is 2.34. The molecule has 1 rings (SSSR count). The van der Waals surface area contributed by atoms with Crippen molar-refractivity contribution >= 4 is 17.6 Å². The average molecular weight is 296 g/mol. The number of carbonyl (C=O) groups is 1. The molecule has 19 heavy (non-hydrogen) atoms. The van der Waals surface area contributed by atoms with Crippen LogP contribution in [0.2, 0.25) is 5.02 Å². The number of rotatable bonds is 5. The first-order valence-corrected chi connectivity index (χ1v) is 5.85. The van der Waals surface area contributed by atoms with E-state index in [0.717, 1.165) is 4.90 Å². The van der Waals surface area contributed by atoms with E-state index in [2.05, 4.69) is 0 Å². The van der Waals surface area contributed by atoms with Crippen LogP contribution in [-0.4, -0.2) is 35.2 Å². The molecule has 0 aliphatic carbocycles. The molecule has 1 aromatic rings. The molecule has 0 aromatic heterocycles. The Labute approximate surface area is 113 Å². The van der Waals surface area contributed by atoms with E-state index in [1.807, 2.05) is 0 Å². The lowest BCUT2D eigenvalue weighted by Crippen LogP contribution is -2.39. The summed E-state index contributed by atoms with van der Waals surface area (Å²) >= 11 is 5.92. The standard InChI is InChI=1S/C12H13ClF3NO2/c1-8(9-4-2-3-5-10(9)13)17(6-11(18)19)7-12(14,15)16/h2-5,8H,6-7H2,1H3,(H,18,19). The van der Waals surface area contributed by atoms with Gasteiger partial charge in [0.15, 0.2) is 0 Å². The summed E-state index contributed by atoms with van der Waals surface area (Å²) < 4.78 is 37.4. The molecule has 0 fully saturated rings. The number of aliphatic carboxylic acids is 1. The Bertz CT molecular complexity index is 451. The summed E-state index contributed by atoms with van der Waals surface area (Å²) in [6.45, 7) is -0.506. The summed E-state index contributed by atoms with van der Waals surface area (Å²) in [4.78, 5) is 11.5. The van der Waals surface area contributed by atoms with Crippen LogP contribution in [0, 0.1) is 0 Å². The van der Waals surface area contributed by atoms with E-state index in [9.17, 15) is 18.0 Å². The summed E-state index contributed by atoms with van der Waals surface area (Å²) in [7, 11) is 0. The molecule has 0 radical (unpaired) electrons. The molecule has 0 heterocycles. The van der Waals surface area contributed by atoms with E-state index in [0.29, 0.717) is 10.6 Å². The van der Waals surface area contributed by atoms with Gasteiger partial charge in [0.2, 0.25) is 0 Å². The number of halogens is 4. The average Bonchev–Trinajstić information content (AvgIpc) is 2.25. The highest BCUT2D eigenvalue weighted by Crippen LogP contribution is 2.29. The lowest BCUT2D eigenvalue weighted by molar-refractivity contribution is -0.157. The van der Waals surface area contributed by atoms with E-state index < -0.39 is 31.3 Å². The van der Waals surface area contributed by atoms with E-state index in [1.165, 1.54) is 6.92 Å². The van der Waals surface area contributed by atoms with Crippen molar-refractivity contribution in [3.05, 3.63) is 34.9 Å². The van der Waals surface area contributed by atoms with Crippen LogP contribution in [0.25, 0.3) is 0 Å². The van der Waals surface area contributed by atoms with Gasteiger partial charge >= 0.3 is 12.1 Å². The minimum Gasteiger partial charge on any atom is -0.480 e. The fraction of sp³-hybridized carbons (Fsp3) is 0.417. The molecule has 1 unspecified atom stereocenters. The zero-order chi connectivity index (χ0) is 14.6. The van der Waals surface area contributed by atoms with Crippen LogP contribution in [0.3, 0.4) is 0 Å². The van der Waals surface area contributed by atoms with Gasteiger partial charge in [-0.05, 0) is 18.6 Å². The Hall–Kier alpha value is -1.27. The Morgan fingerprint density at radius 1 is 1.42 bits per heavy atom. The number of hydrogen-bond acceptors (Lipinski definition) is 2. The molecule has 0 aliphatic rings. The number of hydrogen-bond donors (Lipinski definition) is 1. The molecule has 0 spiro atoms. The van der Waals surface area contributed by atoms with Crippen molar-refractivity contribution in [3.8, 4) is 0 Å². The second-order valence-corrected chi connectivity index (χ2v) is 4.52. The summed E-state index contributed by atoms with van der Waals surface area (Å²) in [6, 6.07) is 5.69. The second kappa shape index (κ2) is 6.25. The van der Waals surface area contributed by atoms with Crippen LogP contribution in [0.15, 0.2) is 24.3 Å². The Morgan fingerprint density at radius 2 is 2.00 bits per heavy atom. The monoisotopic (exact) mass is 295 g/mol. The topological polar surface area (TPSA) is 40.5 Å². The minimum atomic E-state index is -4.47. The third kappa shape index (κ3) is 5.08. The van der Waals surface area contributed by atoms with Gasteiger partial charge in [-0.3, -0.25) is 9.69 Å². The first kappa shape index (κ1) is 15.8. The van der Waals surface area contributed by atoms with Gasteiger partial charge in [0.25, 0.3) is 0 Å². The van der Waals surface area contributed by atoms with Crippen molar-refractivity contribution in [2.75, 3.05) is 13.1 Å². The predicted molar refractivity (Wildman–Crippen MR) is 65.1 cm³/mol. The zero-order valence-electron chi connectivity index (χ0n) is 10.1. The fourth-order valence-corrected chi connectivity index (χ4v) is 2.04. The summed E-state index contributed by atoms with van der Waals surface area (Å²) in [6.07, 6.45) is -4.47. The Balaban J connectivity index is 2.97. The van der Waals surface area contributed by atoms with Crippen LogP contribution in [0.5, 0.6) is 0 Å². The number of carboxylic acid groups (broad SMARTS) is 1. The highest BCUT2D eigenvalue weighted by atomic mass is 35.5. The molecule has 1 atom stereocenters. The van der Waals surface area contributed by atoms with Gasteiger partial charge in [0.1, 0.15) is 0 Å². The summed E-state index contributed by atoms with van der Waals surface area (Å²) in [5.74, 6) is -1.32. The van der Waals surface area contributed by atoms with Crippen molar-refractivity contribution in [1.82, 2.24) is 4.90 Å². The third-order valence-electron chi connectivity index (χ3n) is 2.62. The molecular weight excluding hydrogens is 283 g/mol. The number of benzene rings is 1. The molecule has 0 amide bonds. The smallest absolute Gasteiger partial charge is 0.401 e. The molecule has 0 saturated carbocycles. The van der Waals surface area contributed by atoms with Gasteiger partial charge in [-0.1, -0.05) is 29.8 Å². The van der Waals surface area contributed by atoms with E-state index in [-0.39, 0.29) is 0 Å². The fourth-order valence-electron chi connectivity index (χ4n) is 1.74. The molecule has 0 aliphatic heterocycles. The summed E-state index contributed by atoms with van der Waals surface area (Å²) in [5.41, 5.74) is 0.467. The first-order valence-electron chi connectivity index (χ1n) is 5.47. The molecule has 106 valence electrons.